The van der Waals surface area contributed by atoms with Crippen molar-refractivity contribution in [3.63, 3.8) is 0 Å². The molecule has 3 rings (SSSR count). The first kappa shape index (κ1) is 12.7. The summed E-state index contributed by atoms with van der Waals surface area (Å²) in [5.41, 5.74) is 2.20. The van der Waals surface area contributed by atoms with Gasteiger partial charge < -0.3 is 15.5 Å². The second kappa shape index (κ2) is 4.86. The monoisotopic (exact) mass is 299 g/mol. The molecule has 0 bridgehead atoms. The Kier molecular flexibility index (Phi) is 3.64. The van der Waals surface area contributed by atoms with Gasteiger partial charge in [0.25, 0.3) is 0 Å². The minimum absolute atomic E-state index is 0. The minimum atomic E-state index is 0. The highest BCUT2D eigenvalue weighted by Gasteiger charge is 2.32. The number of piperidine rings is 1. The molecule has 1 aromatic rings. The Morgan fingerprint density at radius 1 is 1.18 bits per heavy atom. The number of nitrogens with one attached hydrogen (secondary N) is 1. The maximum Gasteiger partial charge on any atom is 0.160 e. The van der Waals surface area contributed by atoms with Crippen LogP contribution >= 0.6 is 17.0 Å². The van der Waals surface area contributed by atoms with Gasteiger partial charge in [-0.25, -0.2) is 0 Å². The van der Waals surface area contributed by atoms with E-state index in [4.69, 9.17) is 0 Å². The maximum atomic E-state index is 9.86. The van der Waals surface area contributed by atoms with Crippen LogP contribution in [0.25, 0.3) is 0 Å². The maximum absolute atomic E-state index is 9.86. The topological polar surface area (TPSA) is 52.5 Å². The highest BCUT2D eigenvalue weighted by Crippen LogP contribution is 2.43. The second-order valence-electron chi connectivity index (χ2n) is 4.85. The zero-order valence-electron chi connectivity index (χ0n) is 9.65. The summed E-state index contributed by atoms with van der Waals surface area (Å²) in [7, 11) is 0. The molecule has 1 saturated heterocycles. The van der Waals surface area contributed by atoms with Crippen LogP contribution < -0.4 is 5.32 Å². The van der Waals surface area contributed by atoms with Crippen molar-refractivity contribution >= 4 is 17.0 Å². The molecule has 0 unspecified atom stereocenters. The van der Waals surface area contributed by atoms with Crippen LogP contribution in [0.1, 0.15) is 36.3 Å². The molecule has 94 valence electrons. The summed E-state index contributed by atoms with van der Waals surface area (Å²) in [6, 6.07) is 4.16. The van der Waals surface area contributed by atoms with E-state index in [9.17, 15) is 10.2 Å². The number of phenolic OH excluding ortho intramolecular Hbond substituents is 2. The number of benzene rings is 1. The summed E-state index contributed by atoms with van der Waals surface area (Å²) in [4.78, 5) is 0. The van der Waals surface area contributed by atoms with Gasteiger partial charge in [-0.3, -0.25) is 0 Å². The predicted molar refractivity (Wildman–Crippen MR) is 72.2 cm³/mol. The molecule has 1 aliphatic carbocycles. The van der Waals surface area contributed by atoms with Gasteiger partial charge in [-0.2, -0.15) is 0 Å². The van der Waals surface area contributed by atoms with Crippen LogP contribution in [-0.2, 0) is 6.42 Å². The summed E-state index contributed by atoms with van der Waals surface area (Å²) in [5, 5.41) is 22.9. The van der Waals surface area contributed by atoms with Crippen molar-refractivity contribution in [3.8, 4) is 11.5 Å². The number of halogens is 1. The van der Waals surface area contributed by atoms with Crippen LogP contribution in [0.2, 0.25) is 0 Å². The molecule has 0 aromatic heterocycles. The Hall–Kier alpha value is -0.740. The summed E-state index contributed by atoms with van der Waals surface area (Å²) in [6.45, 7) is 1.11. The molecular weight excluding hydrogens is 282 g/mol. The SMILES string of the molecule is Br.Oc1ccc2c(c1O)CC[C@H]1NCCC[C@@H]21. The summed E-state index contributed by atoms with van der Waals surface area (Å²) in [5.74, 6) is 0.631. The summed E-state index contributed by atoms with van der Waals surface area (Å²) < 4.78 is 0. The molecule has 4 heteroatoms. The first-order chi connectivity index (χ1) is 7.77. The molecule has 3 nitrogen and oxygen atoms in total. The lowest BCUT2D eigenvalue weighted by molar-refractivity contribution is 0.312. The van der Waals surface area contributed by atoms with E-state index >= 15 is 0 Å². The molecule has 1 aliphatic heterocycles. The van der Waals surface area contributed by atoms with Crippen LogP contribution in [0, 0.1) is 0 Å². The van der Waals surface area contributed by atoms with E-state index in [2.05, 4.69) is 5.32 Å². The van der Waals surface area contributed by atoms with Crippen LogP contribution in [-0.4, -0.2) is 22.8 Å². The zero-order valence-corrected chi connectivity index (χ0v) is 11.4. The van der Waals surface area contributed by atoms with Gasteiger partial charge in [0, 0.05) is 11.6 Å². The summed E-state index contributed by atoms with van der Waals surface area (Å²) in [6.07, 6.45) is 4.32. The molecule has 1 aromatic carbocycles. The van der Waals surface area contributed by atoms with Crippen molar-refractivity contribution in [1.82, 2.24) is 5.32 Å². The van der Waals surface area contributed by atoms with E-state index < -0.39 is 0 Å². The third-order valence-corrected chi connectivity index (χ3v) is 3.99. The Morgan fingerprint density at radius 3 is 2.82 bits per heavy atom. The third-order valence-electron chi connectivity index (χ3n) is 3.99. The van der Waals surface area contributed by atoms with E-state index in [1.54, 1.807) is 6.07 Å². The smallest absolute Gasteiger partial charge is 0.160 e. The van der Waals surface area contributed by atoms with Gasteiger partial charge in [0.1, 0.15) is 0 Å². The van der Waals surface area contributed by atoms with Gasteiger partial charge in [-0.05, 0) is 49.8 Å². The fourth-order valence-corrected chi connectivity index (χ4v) is 3.18. The fraction of sp³-hybridized carbons (Fsp3) is 0.538. The lowest BCUT2D eigenvalue weighted by Gasteiger charge is -2.38. The largest absolute Gasteiger partial charge is 0.504 e. The standard InChI is InChI=1S/C13H17NO2.BrH/c15-12-6-4-8-9-2-1-7-14-11(9)5-3-10(8)13(12)16;/h4,6,9,11,14-16H,1-3,5,7H2;1H/t9-,11+;/m0./s1. The van der Waals surface area contributed by atoms with Crippen LogP contribution in [0.4, 0.5) is 0 Å². The average molecular weight is 300 g/mol. The number of hydrogen-bond donors (Lipinski definition) is 3. The highest BCUT2D eigenvalue weighted by molar-refractivity contribution is 8.93. The van der Waals surface area contributed by atoms with E-state index in [0.717, 1.165) is 24.9 Å². The van der Waals surface area contributed by atoms with Crippen LogP contribution in [0.15, 0.2) is 12.1 Å². The van der Waals surface area contributed by atoms with Gasteiger partial charge in [0.15, 0.2) is 11.5 Å². The first-order valence-corrected chi connectivity index (χ1v) is 6.04. The Labute approximate surface area is 112 Å². The molecule has 2 atom stereocenters. The molecule has 0 radical (unpaired) electrons. The molecule has 2 aliphatic rings. The van der Waals surface area contributed by atoms with E-state index in [0.29, 0.717) is 12.0 Å². The first-order valence-electron chi connectivity index (χ1n) is 6.04. The highest BCUT2D eigenvalue weighted by atomic mass is 79.9. The number of hydrogen-bond acceptors (Lipinski definition) is 3. The molecule has 0 saturated carbocycles. The minimum Gasteiger partial charge on any atom is -0.504 e. The summed E-state index contributed by atoms with van der Waals surface area (Å²) >= 11 is 0. The predicted octanol–water partition coefficient (Wildman–Crippen LogP) is 2.46. The van der Waals surface area contributed by atoms with Gasteiger partial charge in [-0.15, -0.1) is 17.0 Å². The second-order valence-corrected chi connectivity index (χ2v) is 4.85. The van der Waals surface area contributed by atoms with Gasteiger partial charge >= 0.3 is 0 Å². The average Bonchev–Trinajstić information content (AvgIpc) is 2.33. The molecular formula is C13H18BrNO2. The van der Waals surface area contributed by atoms with Gasteiger partial charge in [-0.1, -0.05) is 6.07 Å². The number of rotatable bonds is 0. The Bertz CT molecular complexity index is 422. The van der Waals surface area contributed by atoms with Crippen molar-refractivity contribution in [1.29, 1.82) is 0 Å². The quantitative estimate of drug-likeness (QED) is 0.645. The zero-order chi connectivity index (χ0) is 11.1. The molecule has 1 fully saturated rings. The van der Waals surface area contributed by atoms with E-state index in [1.807, 2.05) is 6.07 Å². The van der Waals surface area contributed by atoms with Crippen molar-refractivity contribution in [2.45, 2.75) is 37.6 Å². The number of aromatic hydroxyl groups is 2. The lowest BCUT2D eigenvalue weighted by Crippen LogP contribution is -2.42. The molecule has 0 spiro atoms. The Balaban J connectivity index is 0.00000108. The van der Waals surface area contributed by atoms with Crippen molar-refractivity contribution < 1.29 is 10.2 Å². The van der Waals surface area contributed by atoms with Crippen LogP contribution in [0.5, 0.6) is 11.5 Å². The van der Waals surface area contributed by atoms with Crippen molar-refractivity contribution in [2.24, 2.45) is 0 Å². The van der Waals surface area contributed by atoms with Crippen LogP contribution in [0.3, 0.4) is 0 Å². The lowest BCUT2D eigenvalue weighted by atomic mass is 9.75. The van der Waals surface area contributed by atoms with Gasteiger partial charge in [0.2, 0.25) is 0 Å². The fourth-order valence-electron chi connectivity index (χ4n) is 3.18. The molecule has 0 amide bonds. The van der Waals surface area contributed by atoms with Gasteiger partial charge in [0.05, 0.1) is 0 Å². The molecule has 3 N–H and O–H groups in total. The van der Waals surface area contributed by atoms with Crippen molar-refractivity contribution in [3.05, 3.63) is 23.3 Å². The van der Waals surface area contributed by atoms with E-state index in [-0.39, 0.29) is 28.5 Å². The number of phenols is 2. The Morgan fingerprint density at radius 2 is 2.00 bits per heavy atom. The van der Waals surface area contributed by atoms with E-state index in [1.165, 1.54) is 18.4 Å². The molecule has 17 heavy (non-hydrogen) atoms. The molecule has 1 heterocycles. The third kappa shape index (κ3) is 2.04. The normalized spacial score (nSPS) is 26.6. The van der Waals surface area contributed by atoms with Crippen molar-refractivity contribution in [2.75, 3.05) is 6.54 Å². The number of fused-ring (bicyclic) bond motifs is 3.